The molecule has 0 N–H and O–H groups in total. The third kappa shape index (κ3) is 3.60. The number of hydrogen-bond donors (Lipinski definition) is 0. The SMILES string of the molecule is CC(=O)[C]F. The second-order valence-corrected chi connectivity index (χ2v) is 0.651. The fourth-order valence-electron chi connectivity index (χ4n) is 0. The molecule has 0 fully saturated rings. The monoisotopic (exact) mass is 74.0 g/mol. The molecule has 0 aromatic carbocycles. The van der Waals surface area contributed by atoms with Crippen molar-refractivity contribution in [1.82, 2.24) is 0 Å². The highest BCUT2D eigenvalue weighted by atomic mass is 19.1. The first-order valence-corrected chi connectivity index (χ1v) is 1.14. The van der Waals surface area contributed by atoms with Gasteiger partial charge in [0, 0.05) is 0 Å². The van der Waals surface area contributed by atoms with Gasteiger partial charge in [0.1, 0.15) is 0 Å². The molecule has 1 nitrogen and oxygen atoms in total. The van der Waals surface area contributed by atoms with Crippen molar-refractivity contribution in [3.63, 3.8) is 0 Å². The Morgan fingerprint density at radius 1 is 2.00 bits per heavy atom. The molecule has 0 atom stereocenters. The van der Waals surface area contributed by atoms with Crippen molar-refractivity contribution < 1.29 is 9.18 Å². The summed E-state index contributed by atoms with van der Waals surface area (Å²) in [7, 11) is 0. The lowest BCUT2D eigenvalue weighted by molar-refractivity contribution is -0.115. The summed E-state index contributed by atoms with van der Waals surface area (Å²) in [6.45, 7) is 1.99. The lowest BCUT2D eigenvalue weighted by atomic mass is 10.5. The Labute approximate surface area is 29.8 Å². The van der Waals surface area contributed by atoms with Gasteiger partial charge in [-0.3, -0.25) is 4.79 Å². The van der Waals surface area contributed by atoms with Crippen LogP contribution in [0.5, 0.6) is 0 Å². The normalized spacial score (nSPS) is 7.60. The van der Waals surface area contributed by atoms with Crippen molar-refractivity contribution >= 4 is 5.78 Å². The van der Waals surface area contributed by atoms with E-state index in [1.54, 1.807) is 0 Å². The van der Waals surface area contributed by atoms with Crippen LogP contribution in [0.15, 0.2) is 0 Å². The fraction of sp³-hybridized carbons (Fsp3) is 0.333. The van der Waals surface area contributed by atoms with E-state index >= 15 is 0 Å². The minimum absolute atomic E-state index is 0.662. The summed E-state index contributed by atoms with van der Waals surface area (Å²) in [6.07, 6.45) is 0. The molecule has 0 saturated heterocycles. The summed E-state index contributed by atoms with van der Waals surface area (Å²) < 4.78 is 10.5. The summed E-state index contributed by atoms with van der Waals surface area (Å²) in [5.74, 6) is -0.662. The maximum absolute atomic E-state index is 10.5. The maximum atomic E-state index is 10.5. The minimum atomic E-state index is -0.662. The van der Waals surface area contributed by atoms with E-state index in [0.717, 1.165) is 13.6 Å². The summed E-state index contributed by atoms with van der Waals surface area (Å²) in [5, 5.41) is 0. The molecule has 0 amide bonds. The number of hydrogen-bond acceptors (Lipinski definition) is 1. The first-order valence-electron chi connectivity index (χ1n) is 1.14. The Hall–Kier alpha value is -0.400. The predicted molar refractivity (Wildman–Crippen MR) is 15.0 cm³/mol. The standard InChI is InChI=1S/C3H3FO/c1-3(5)2-4/h1H3. The van der Waals surface area contributed by atoms with E-state index in [4.69, 9.17) is 0 Å². The van der Waals surface area contributed by atoms with Gasteiger partial charge < -0.3 is 0 Å². The van der Waals surface area contributed by atoms with Crippen LogP contribution >= 0.6 is 0 Å². The molecule has 0 saturated carbocycles. The van der Waals surface area contributed by atoms with E-state index in [2.05, 4.69) is 0 Å². The van der Waals surface area contributed by atoms with E-state index in [1.807, 2.05) is 0 Å². The van der Waals surface area contributed by atoms with Crippen LogP contribution in [0.25, 0.3) is 0 Å². The Morgan fingerprint density at radius 2 is 2.20 bits per heavy atom. The molecule has 0 unspecified atom stereocenters. The van der Waals surface area contributed by atoms with Gasteiger partial charge in [0.15, 0.2) is 5.78 Å². The zero-order valence-electron chi connectivity index (χ0n) is 2.79. The molecule has 0 heterocycles. The lowest BCUT2D eigenvalue weighted by Gasteiger charge is -1.64. The Kier molecular flexibility index (Phi) is 1.73. The van der Waals surface area contributed by atoms with E-state index in [0.29, 0.717) is 0 Å². The van der Waals surface area contributed by atoms with E-state index < -0.39 is 5.78 Å². The van der Waals surface area contributed by atoms with E-state index in [1.165, 1.54) is 0 Å². The molecule has 0 aliphatic heterocycles. The van der Waals surface area contributed by atoms with Gasteiger partial charge in [0.05, 0.1) is 0 Å². The van der Waals surface area contributed by atoms with Crippen LogP contribution in [0.3, 0.4) is 0 Å². The summed E-state index contributed by atoms with van der Waals surface area (Å²) in [6, 6.07) is 0. The summed E-state index contributed by atoms with van der Waals surface area (Å²) in [4.78, 5) is 9.33. The third-order valence-electron chi connectivity index (χ3n) is 0.133. The first kappa shape index (κ1) is 4.60. The van der Waals surface area contributed by atoms with Crippen molar-refractivity contribution in [2.75, 3.05) is 0 Å². The molecule has 0 aromatic heterocycles. The molecule has 5 heavy (non-hydrogen) atoms. The Balaban J connectivity index is 2.85. The van der Waals surface area contributed by atoms with E-state index in [-0.39, 0.29) is 0 Å². The van der Waals surface area contributed by atoms with Crippen LogP contribution in [0.1, 0.15) is 6.92 Å². The summed E-state index contributed by atoms with van der Waals surface area (Å²) in [5.41, 5.74) is 0. The van der Waals surface area contributed by atoms with Gasteiger partial charge >= 0.3 is 0 Å². The smallest absolute Gasteiger partial charge is 0.257 e. The quantitative estimate of drug-likeness (QED) is 0.444. The molecular formula is C3H3FO. The molecule has 0 spiro atoms. The van der Waals surface area contributed by atoms with Crippen LogP contribution in [0, 0.1) is 6.67 Å². The van der Waals surface area contributed by atoms with Crippen molar-refractivity contribution in [3.8, 4) is 0 Å². The lowest BCUT2D eigenvalue weighted by Crippen LogP contribution is -1.80. The molecule has 0 aliphatic rings. The molecule has 28 valence electrons. The molecule has 0 aromatic rings. The van der Waals surface area contributed by atoms with Gasteiger partial charge in [-0.2, -0.15) is 0 Å². The van der Waals surface area contributed by atoms with Crippen molar-refractivity contribution in [3.05, 3.63) is 6.67 Å². The first-order chi connectivity index (χ1) is 2.27. The van der Waals surface area contributed by atoms with Crippen LogP contribution in [0.4, 0.5) is 4.39 Å². The van der Waals surface area contributed by atoms with Gasteiger partial charge in [-0.05, 0) is 6.92 Å². The highest BCUT2D eigenvalue weighted by Gasteiger charge is 1.85. The van der Waals surface area contributed by atoms with Gasteiger partial charge in [-0.1, -0.05) is 0 Å². The number of carbonyl (C=O) groups is 1. The Bertz CT molecular complexity index is 42.2. The average molecular weight is 74.1 g/mol. The van der Waals surface area contributed by atoms with Gasteiger partial charge in [0.25, 0.3) is 6.67 Å². The largest absolute Gasteiger partial charge is 0.296 e. The molecule has 0 aliphatic carbocycles. The zero-order valence-corrected chi connectivity index (χ0v) is 2.79. The van der Waals surface area contributed by atoms with Crippen LogP contribution in [0.2, 0.25) is 0 Å². The number of Topliss-reactive ketones (excluding diaryl/α,β-unsaturated/α-hetero) is 1. The second-order valence-electron chi connectivity index (χ2n) is 0.651. The van der Waals surface area contributed by atoms with E-state index in [9.17, 15) is 9.18 Å². The highest BCUT2D eigenvalue weighted by molar-refractivity contribution is 5.82. The van der Waals surface area contributed by atoms with Gasteiger partial charge in [-0.15, -0.1) is 0 Å². The maximum Gasteiger partial charge on any atom is 0.257 e. The zero-order chi connectivity index (χ0) is 4.28. The van der Waals surface area contributed by atoms with Crippen molar-refractivity contribution in [2.45, 2.75) is 6.92 Å². The van der Waals surface area contributed by atoms with Crippen LogP contribution < -0.4 is 0 Å². The predicted octanol–water partition coefficient (Wildman–Crippen LogP) is 0.584. The van der Waals surface area contributed by atoms with Crippen molar-refractivity contribution in [2.24, 2.45) is 0 Å². The molecule has 2 radical (unpaired) electrons. The molecular weight excluding hydrogens is 71.0 g/mol. The fourth-order valence-corrected chi connectivity index (χ4v) is 0. The number of rotatable bonds is 1. The molecule has 0 bridgehead atoms. The minimum Gasteiger partial charge on any atom is -0.296 e. The number of carbonyl (C=O) groups excluding carboxylic acids is 1. The second kappa shape index (κ2) is 1.88. The summed E-state index contributed by atoms with van der Waals surface area (Å²) >= 11 is 0. The number of ketones is 1. The topological polar surface area (TPSA) is 17.1 Å². The highest BCUT2D eigenvalue weighted by Crippen LogP contribution is 1.74. The van der Waals surface area contributed by atoms with Crippen LogP contribution in [-0.4, -0.2) is 5.78 Å². The molecule has 2 heteroatoms. The van der Waals surface area contributed by atoms with Gasteiger partial charge in [0.2, 0.25) is 0 Å². The van der Waals surface area contributed by atoms with Crippen molar-refractivity contribution in [1.29, 1.82) is 0 Å². The van der Waals surface area contributed by atoms with Crippen LogP contribution in [-0.2, 0) is 4.79 Å². The average Bonchev–Trinajstić information content (AvgIpc) is 1.38. The Morgan fingerprint density at radius 3 is 2.20 bits per heavy atom. The molecule has 0 rings (SSSR count). The number of halogens is 1. The van der Waals surface area contributed by atoms with Gasteiger partial charge in [-0.25, -0.2) is 4.39 Å². The third-order valence-corrected chi connectivity index (χ3v) is 0.133.